The van der Waals surface area contributed by atoms with E-state index in [1.165, 1.54) is 6.07 Å². The predicted octanol–water partition coefficient (Wildman–Crippen LogP) is 1.62. The van der Waals surface area contributed by atoms with Crippen LogP contribution in [-0.2, 0) is 6.42 Å². The zero-order chi connectivity index (χ0) is 13.8. The second-order valence-corrected chi connectivity index (χ2v) is 4.94. The molecule has 0 atom stereocenters. The van der Waals surface area contributed by atoms with Crippen molar-refractivity contribution in [1.82, 2.24) is 15.3 Å². The van der Waals surface area contributed by atoms with E-state index in [1.54, 1.807) is 12.1 Å². The number of anilines is 1. The van der Waals surface area contributed by atoms with Crippen molar-refractivity contribution in [2.24, 2.45) is 0 Å². The fourth-order valence-electron chi connectivity index (χ4n) is 2.35. The van der Waals surface area contributed by atoms with Gasteiger partial charge in [0.1, 0.15) is 5.82 Å². The van der Waals surface area contributed by atoms with Crippen molar-refractivity contribution < 1.29 is 4.39 Å². The molecule has 20 heavy (non-hydrogen) atoms. The Labute approximate surface area is 117 Å². The number of nitrogens with one attached hydrogen (secondary N) is 1. The Morgan fingerprint density at radius 3 is 2.55 bits per heavy atom. The molecule has 3 rings (SSSR count). The lowest BCUT2D eigenvalue weighted by Gasteiger charge is -2.27. The minimum absolute atomic E-state index is 0.208. The number of benzene rings is 1. The van der Waals surface area contributed by atoms with E-state index in [0.717, 1.165) is 43.3 Å². The van der Waals surface area contributed by atoms with Gasteiger partial charge in [-0.3, -0.25) is 0 Å². The van der Waals surface area contributed by atoms with Crippen molar-refractivity contribution in [1.29, 1.82) is 0 Å². The summed E-state index contributed by atoms with van der Waals surface area (Å²) in [7, 11) is 0. The second-order valence-electron chi connectivity index (χ2n) is 4.94. The van der Waals surface area contributed by atoms with Crippen molar-refractivity contribution in [3.05, 3.63) is 53.6 Å². The van der Waals surface area contributed by atoms with Gasteiger partial charge in [0.25, 0.3) is 0 Å². The lowest BCUT2D eigenvalue weighted by atomic mass is 10.1. The molecule has 0 bridgehead atoms. The van der Waals surface area contributed by atoms with Crippen molar-refractivity contribution in [2.75, 3.05) is 31.1 Å². The molecule has 5 heteroatoms. The molecule has 104 valence electrons. The van der Waals surface area contributed by atoms with Gasteiger partial charge in [-0.15, -0.1) is 0 Å². The standard InChI is InChI=1S/C15H17FN4/c16-14-3-1-2-12(9-14)8-13-10-18-15(19-11-13)20-6-4-17-5-7-20/h1-3,9-11,17H,4-8H2. The smallest absolute Gasteiger partial charge is 0.225 e. The molecule has 1 N–H and O–H groups in total. The highest BCUT2D eigenvalue weighted by Crippen LogP contribution is 2.12. The number of hydrogen-bond acceptors (Lipinski definition) is 4. The summed E-state index contributed by atoms with van der Waals surface area (Å²) < 4.78 is 13.1. The molecule has 1 aromatic heterocycles. The maximum absolute atomic E-state index is 13.1. The molecule has 4 nitrogen and oxygen atoms in total. The summed E-state index contributed by atoms with van der Waals surface area (Å²) in [6, 6.07) is 6.63. The molecule has 2 aromatic rings. The number of rotatable bonds is 3. The normalized spacial score (nSPS) is 15.3. The van der Waals surface area contributed by atoms with E-state index in [9.17, 15) is 4.39 Å². The van der Waals surface area contributed by atoms with Gasteiger partial charge in [-0.05, 0) is 23.3 Å². The zero-order valence-corrected chi connectivity index (χ0v) is 11.2. The quantitative estimate of drug-likeness (QED) is 0.922. The van der Waals surface area contributed by atoms with E-state index in [2.05, 4.69) is 20.2 Å². The molecule has 1 aliphatic rings. The fraction of sp³-hybridized carbons (Fsp3) is 0.333. The van der Waals surface area contributed by atoms with Gasteiger partial charge in [0, 0.05) is 45.0 Å². The highest BCUT2D eigenvalue weighted by molar-refractivity contribution is 5.32. The summed E-state index contributed by atoms with van der Waals surface area (Å²) in [6.45, 7) is 3.80. The highest BCUT2D eigenvalue weighted by atomic mass is 19.1. The average Bonchev–Trinajstić information content (AvgIpc) is 2.49. The van der Waals surface area contributed by atoms with Gasteiger partial charge in [-0.25, -0.2) is 14.4 Å². The molecule has 1 aromatic carbocycles. The maximum atomic E-state index is 13.1. The summed E-state index contributed by atoms with van der Waals surface area (Å²) in [5.41, 5.74) is 1.93. The van der Waals surface area contributed by atoms with Crippen LogP contribution in [0.25, 0.3) is 0 Å². The summed E-state index contributed by atoms with van der Waals surface area (Å²) in [5, 5.41) is 3.30. The van der Waals surface area contributed by atoms with Crippen molar-refractivity contribution in [2.45, 2.75) is 6.42 Å². The maximum Gasteiger partial charge on any atom is 0.225 e. The highest BCUT2D eigenvalue weighted by Gasteiger charge is 2.12. The van der Waals surface area contributed by atoms with Crippen LogP contribution in [0.2, 0.25) is 0 Å². The number of piperazine rings is 1. The van der Waals surface area contributed by atoms with Gasteiger partial charge < -0.3 is 10.2 Å². The Morgan fingerprint density at radius 1 is 1.10 bits per heavy atom. The molecule has 1 fully saturated rings. The van der Waals surface area contributed by atoms with Gasteiger partial charge in [0.15, 0.2) is 0 Å². The average molecular weight is 272 g/mol. The Hall–Kier alpha value is -2.01. The van der Waals surface area contributed by atoms with Crippen LogP contribution >= 0.6 is 0 Å². The summed E-state index contributed by atoms with van der Waals surface area (Å²) in [6.07, 6.45) is 4.31. The van der Waals surface area contributed by atoms with Crippen LogP contribution in [-0.4, -0.2) is 36.1 Å². The van der Waals surface area contributed by atoms with Crippen LogP contribution in [0.5, 0.6) is 0 Å². The Bertz CT molecular complexity index is 564. The Kier molecular flexibility index (Phi) is 3.87. The molecule has 0 radical (unpaired) electrons. The molecule has 1 aliphatic heterocycles. The lowest BCUT2D eigenvalue weighted by Crippen LogP contribution is -2.44. The third kappa shape index (κ3) is 3.11. The van der Waals surface area contributed by atoms with Crippen LogP contribution < -0.4 is 10.2 Å². The lowest BCUT2D eigenvalue weighted by molar-refractivity contribution is 0.579. The van der Waals surface area contributed by atoms with Gasteiger partial charge in [0.05, 0.1) is 0 Å². The first kappa shape index (κ1) is 13.0. The van der Waals surface area contributed by atoms with E-state index in [-0.39, 0.29) is 5.82 Å². The molecular formula is C15H17FN4. The third-order valence-corrected chi connectivity index (χ3v) is 3.39. The summed E-state index contributed by atoms with van der Waals surface area (Å²) in [4.78, 5) is 11.0. The number of hydrogen-bond donors (Lipinski definition) is 1. The minimum Gasteiger partial charge on any atom is -0.338 e. The second kappa shape index (κ2) is 5.96. The van der Waals surface area contributed by atoms with Crippen LogP contribution in [0.15, 0.2) is 36.7 Å². The van der Waals surface area contributed by atoms with Gasteiger partial charge in [-0.1, -0.05) is 12.1 Å². The summed E-state index contributed by atoms with van der Waals surface area (Å²) in [5.74, 6) is 0.565. The van der Waals surface area contributed by atoms with Crippen molar-refractivity contribution in [3.8, 4) is 0 Å². The van der Waals surface area contributed by atoms with E-state index < -0.39 is 0 Å². The van der Waals surface area contributed by atoms with Crippen LogP contribution in [0.4, 0.5) is 10.3 Å². The predicted molar refractivity (Wildman–Crippen MR) is 76.3 cm³/mol. The molecule has 0 amide bonds. The van der Waals surface area contributed by atoms with Crippen LogP contribution in [0, 0.1) is 5.82 Å². The first-order chi connectivity index (χ1) is 9.81. The number of nitrogens with zero attached hydrogens (tertiary/aromatic N) is 3. The monoisotopic (exact) mass is 272 g/mol. The Balaban J connectivity index is 1.69. The SMILES string of the molecule is Fc1cccc(Cc2cnc(N3CCNCC3)nc2)c1. The minimum atomic E-state index is -0.208. The zero-order valence-electron chi connectivity index (χ0n) is 11.2. The molecule has 0 aliphatic carbocycles. The van der Waals surface area contributed by atoms with Crippen molar-refractivity contribution in [3.63, 3.8) is 0 Å². The largest absolute Gasteiger partial charge is 0.338 e. The third-order valence-electron chi connectivity index (χ3n) is 3.39. The van der Waals surface area contributed by atoms with Crippen LogP contribution in [0.1, 0.15) is 11.1 Å². The molecular weight excluding hydrogens is 255 g/mol. The van der Waals surface area contributed by atoms with E-state index in [1.807, 2.05) is 18.5 Å². The van der Waals surface area contributed by atoms with Crippen molar-refractivity contribution >= 4 is 5.95 Å². The van der Waals surface area contributed by atoms with Gasteiger partial charge >= 0.3 is 0 Å². The Morgan fingerprint density at radius 2 is 1.85 bits per heavy atom. The molecule has 0 saturated carbocycles. The van der Waals surface area contributed by atoms with E-state index in [4.69, 9.17) is 0 Å². The number of halogens is 1. The fourth-order valence-corrected chi connectivity index (χ4v) is 2.35. The van der Waals surface area contributed by atoms with Gasteiger partial charge in [0.2, 0.25) is 5.95 Å². The van der Waals surface area contributed by atoms with Crippen LogP contribution in [0.3, 0.4) is 0 Å². The van der Waals surface area contributed by atoms with Gasteiger partial charge in [-0.2, -0.15) is 0 Å². The van der Waals surface area contributed by atoms with E-state index in [0.29, 0.717) is 6.42 Å². The molecule has 1 saturated heterocycles. The molecule has 2 heterocycles. The molecule has 0 unspecified atom stereocenters. The van der Waals surface area contributed by atoms with E-state index >= 15 is 0 Å². The topological polar surface area (TPSA) is 41.1 Å². The summed E-state index contributed by atoms with van der Waals surface area (Å²) >= 11 is 0. The first-order valence-electron chi connectivity index (χ1n) is 6.82. The molecule has 0 spiro atoms. The first-order valence-corrected chi connectivity index (χ1v) is 6.82. The number of aromatic nitrogens is 2.